The Bertz CT molecular complexity index is 475. The molecular formula is C12H11ClFNS. The van der Waals surface area contributed by atoms with Crippen LogP contribution >= 0.6 is 22.9 Å². The third-order valence-electron chi connectivity index (χ3n) is 2.34. The Morgan fingerprint density at radius 3 is 2.88 bits per heavy atom. The van der Waals surface area contributed by atoms with Gasteiger partial charge in [0.25, 0.3) is 0 Å². The molecule has 0 bridgehead atoms. The Kier molecular flexibility index (Phi) is 3.56. The molecule has 0 aliphatic rings. The van der Waals surface area contributed by atoms with Gasteiger partial charge in [-0.3, -0.25) is 0 Å². The summed E-state index contributed by atoms with van der Waals surface area (Å²) in [5.74, 6) is -0.263. The second kappa shape index (κ2) is 4.93. The fourth-order valence-corrected chi connectivity index (χ4v) is 2.55. The largest absolute Gasteiger partial charge is 0.249 e. The van der Waals surface area contributed by atoms with Crippen LogP contribution < -0.4 is 0 Å². The van der Waals surface area contributed by atoms with Crippen molar-refractivity contribution in [3.8, 4) is 0 Å². The van der Waals surface area contributed by atoms with Crippen LogP contribution in [0.1, 0.15) is 22.4 Å². The van der Waals surface area contributed by atoms with Crippen molar-refractivity contribution in [2.45, 2.75) is 19.8 Å². The predicted octanol–water partition coefficient (Wildman–Crippen LogP) is 4.09. The molecule has 0 N–H and O–H groups in total. The van der Waals surface area contributed by atoms with E-state index in [4.69, 9.17) is 11.6 Å². The molecule has 1 aromatic heterocycles. The summed E-state index contributed by atoms with van der Waals surface area (Å²) in [6, 6.07) is 4.74. The first-order valence-corrected chi connectivity index (χ1v) is 6.26. The molecule has 84 valence electrons. The molecule has 4 heteroatoms. The zero-order valence-electron chi connectivity index (χ0n) is 8.84. The van der Waals surface area contributed by atoms with Gasteiger partial charge in [-0.2, -0.15) is 0 Å². The van der Waals surface area contributed by atoms with Crippen molar-refractivity contribution in [1.29, 1.82) is 0 Å². The summed E-state index contributed by atoms with van der Waals surface area (Å²) in [7, 11) is 0. The topological polar surface area (TPSA) is 12.9 Å². The molecular weight excluding hydrogens is 245 g/mol. The highest BCUT2D eigenvalue weighted by Gasteiger charge is 2.10. The van der Waals surface area contributed by atoms with Gasteiger partial charge >= 0.3 is 0 Å². The second-order valence-electron chi connectivity index (χ2n) is 3.45. The number of hydrogen-bond acceptors (Lipinski definition) is 2. The summed E-state index contributed by atoms with van der Waals surface area (Å²) in [6.45, 7) is 2.08. The molecule has 0 spiro atoms. The third kappa shape index (κ3) is 2.42. The van der Waals surface area contributed by atoms with Gasteiger partial charge in [0.1, 0.15) is 5.82 Å². The van der Waals surface area contributed by atoms with E-state index in [1.165, 1.54) is 10.9 Å². The Labute approximate surface area is 103 Å². The van der Waals surface area contributed by atoms with Gasteiger partial charge in [-0.1, -0.05) is 24.6 Å². The molecule has 1 heterocycles. The van der Waals surface area contributed by atoms with Gasteiger partial charge in [0.05, 0.1) is 5.01 Å². The molecule has 2 rings (SSSR count). The van der Waals surface area contributed by atoms with Crippen LogP contribution in [0.4, 0.5) is 4.39 Å². The van der Waals surface area contributed by atoms with E-state index in [0.29, 0.717) is 17.0 Å². The summed E-state index contributed by atoms with van der Waals surface area (Å²) < 4.78 is 13.5. The lowest BCUT2D eigenvalue weighted by Crippen LogP contribution is -1.92. The normalized spacial score (nSPS) is 10.7. The average molecular weight is 256 g/mol. The minimum atomic E-state index is -0.263. The highest BCUT2D eigenvalue weighted by molar-refractivity contribution is 7.11. The summed E-state index contributed by atoms with van der Waals surface area (Å²) in [5.41, 5.74) is 0.529. The number of aromatic nitrogens is 1. The van der Waals surface area contributed by atoms with Crippen LogP contribution in [0.5, 0.6) is 0 Å². The number of nitrogens with zero attached hydrogens (tertiary/aromatic N) is 1. The van der Waals surface area contributed by atoms with Crippen LogP contribution in [0.15, 0.2) is 24.4 Å². The van der Waals surface area contributed by atoms with Crippen molar-refractivity contribution < 1.29 is 4.39 Å². The summed E-state index contributed by atoms with van der Waals surface area (Å²) in [4.78, 5) is 5.47. The lowest BCUT2D eigenvalue weighted by molar-refractivity contribution is 0.614. The van der Waals surface area contributed by atoms with Crippen LogP contribution in [0.2, 0.25) is 5.02 Å². The molecule has 0 radical (unpaired) electrons. The van der Waals surface area contributed by atoms with Crippen molar-refractivity contribution in [3.63, 3.8) is 0 Å². The van der Waals surface area contributed by atoms with E-state index in [2.05, 4.69) is 11.9 Å². The van der Waals surface area contributed by atoms with Crippen LogP contribution in [-0.2, 0) is 12.8 Å². The number of halogens is 2. The highest BCUT2D eigenvalue weighted by atomic mass is 35.5. The van der Waals surface area contributed by atoms with Crippen LogP contribution in [0.25, 0.3) is 0 Å². The van der Waals surface area contributed by atoms with E-state index < -0.39 is 0 Å². The van der Waals surface area contributed by atoms with Gasteiger partial charge in [0.15, 0.2) is 0 Å². The van der Waals surface area contributed by atoms with Crippen molar-refractivity contribution in [2.75, 3.05) is 0 Å². The lowest BCUT2D eigenvalue weighted by atomic mass is 10.1. The smallest absolute Gasteiger partial charge is 0.128 e. The Morgan fingerprint density at radius 1 is 1.44 bits per heavy atom. The molecule has 0 saturated heterocycles. The minimum absolute atomic E-state index is 0.263. The average Bonchev–Trinajstić information content (AvgIpc) is 2.71. The first-order valence-electron chi connectivity index (χ1n) is 5.07. The van der Waals surface area contributed by atoms with Crippen LogP contribution in [0.3, 0.4) is 0 Å². The molecule has 0 amide bonds. The van der Waals surface area contributed by atoms with Gasteiger partial charge in [-0.25, -0.2) is 9.37 Å². The standard InChI is InChI=1S/C12H11ClFNS/c1-2-8-7-15-12(16-8)6-9-10(13)4-3-5-11(9)14/h3-5,7H,2,6H2,1H3. The third-order valence-corrected chi connectivity index (χ3v) is 3.84. The molecule has 1 aromatic carbocycles. The second-order valence-corrected chi connectivity index (χ2v) is 5.06. The first kappa shape index (κ1) is 11.6. The van der Waals surface area contributed by atoms with Gasteiger partial charge < -0.3 is 0 Å². The molecule has 2 aromatic rings. The van der Waals surface area contributed by atoms with Gasteiger partial charge in [0, 0.05) is 28.1 Å². The number of aryl methyl sites for hydroxylation is 1. The summed E-state index contributed by atoms with van der Waals surface area (Å²) >= 11 is 7.57. The van der Waals surface area contributed by atoms with E-state index in [-0.39, 0.29) is 5.82 Å². The number of rotatable bonds is 3. The van der Waals surface area contributed by atoms with Crippen molar-refractivity contribution in [3.05, 3.63) is 50.7 Å². The maximum atomic E-state index is 13.5. The first-order chi connectivity index (χ1) is 7.70. The molecule has 16 heavy (non-hydrogen) atoms. The molecule has 0 fully saturated rings. The zero-order valence-corrected chi connectivity index (χ0v) is 10.4. The Balaban J connectivity index is 2.26. The molecule has 0 aliphatic heterocycles. The minimum Gasteiger partial charge on any atom is -0.249 e. The van der Waals surface area contributed by atoms with E-state index in [1.54, 1.807) is 23.5 Å². The molecule has 1 nitrogen and oxygen atoms in total. The zero-order chi connectivity index (χ0) is 11.5. The van der Waals surface area contributed by atoms with Gasteiger partial charge in [-0.05, 0) is 18.6 Å². The number of hydrogen-bond donors (Lipinski definition) is 0. The van der Waals surface area contributed by atoms with Crippen molar-refractivity contribution in [2.24, 2.45) is 0 Å². The Hall–Kier alpha value is -0.930. The molecule has 0 unspecified atom stereocenters. The number of thiazole rings is 1. The fourth-order valence-electron chi connectivity index (χ4n) is 1.45. The molecule has 0 aliphatic carbocycles. The van der Waals surface area contributed by atoms with Crippen molar-refractivity contribution >= 4 is 22.9 Å². The van der Waals surface area contributed by atoms with E-state index in [9.17, 15) is 4.39 Å². The molecule has 0 atom stereocenters. The highest BCUT2D eigenvalue weighted by Crippen LogP contribution is 2.24. The Morgan fingerprint density at radius 2 is 2.25 bits per heavy atom. The summed E-state index contributed by atoms with van der Waals surface area (Å²) in [6.07, 6.45) is 3.27. The SMILES string of the molecule is CCc1cnc(Cc2c(F)cccc2Cl)s1. The van der Waals surface area contributed by atoms with E-state index >= 15 is 0 Å². The number of benzene rings is 1. The maximum Gasteiger partial charge on any atom is 0.128 e. The van der Waals surface area contributed by atoms with E-state index in [1.807, 2.05) is 6.20 Å². The lowest BCUT2D eigenvalue weighted by Gasteiger charge is -2.02. The van der Waals surface area contributed by atoms with Crippen LogP contribution in [-0.4, -0.2) is 4.98 Å². The fraction of sp³-hybridized carbons (Fsp3) is 0.250. The van der Waals surface area contributed by atoms with Crippen LogP contribution in [0, 0.1) is 5.82 Å². The van der Waals surface area contributed by atoms with Crippen molar-refractivity contribution in [1.82, 2.24) is 4.98 Å². The molecule has 0 saturated carbocycles. The van der Waals surface area contributed by atoms with E-state index in [0.717, 1.165) is 11.4 Å². The van der Waals surface area contributed by atoms with Gasteiger partial charge in [-0.15, -0.1) is 11.3 Å². The summed E-state index contributed by atoms with van der Waals surface area (Å²) in [5, 5.41) is 1.37. The van der Waals surface area contributed by atoms with Gasteiger partial charge in [0.2, 0.25) is 0 Å². The quantitative estimate of drug-likeness (QED) is 0.805. The maximum absolute atomic E-state index is 13.5. The monoisotopic (exact) mass is 255 g/mol. The predicted molar refractivity (Wildman–Crippen MR) is 65.7 cm³/mol.